The van der Waals surface area contributed by atoms with Crippen LogP contribution in [0.4, 0.5) is 5.69 Å². The smallest absolute Gasteiger partial charge is 0.276 e. The first kappa shape index (κ1) is 19.2. The van der Waals surface area contributed by atoms with Crippen molar-refractivity contribution in [2.75, 3.05) is 6.61 Å². The third-order valence-corrected chi connectivity index (χ3v) is 4.15. The summed E-state index contributed by atoms with van der Waals surface area (Å²) in [6, 6.07) is 5.16. The predicted octanol–water partition coefficient (Wildman–Crippen LogP) is -0.323. The lowest BCUT2D eigenvalue weighted by Gasteiger charge is -2.31. The van der Waals surface area contributed by atoms with Crippen LogP contribution in [0.1, 0.15) is 25.7 Å². The zero-order valence-corrected chi connectivity index (χ0v) is 13.8. The van der Waals surface area contributed by atoms with Crippen LogP contribution in [-0.2, 0) is 14.4 Å². The van der Waals surface area contributed by atoms with Gasteiger partial charge in [0.15, 0.2) is 6.61 Å². The highest BCUT2D eigenvalue weighted by molar-refractivity contribution is 5.87. The molecule has 1 aliphatic carbocycles. The molecule has 0 heterocycles. The number of hydrogen-bond acceptors (Lipinski definition) is 7. The highest BCUT2D eigenvalue weighted by Gasteiger charge is 2.31. The molecule has 1 aromatic carbocycles. The normalized spacial score (nSPS) is 19.2. The van der Waals surface area contributed by atoms with E-state index in [9.17, 15) is 29.6 Å². The number of benzene rings is 1. The molecule has 2 atom stereocenters. The standard InChI is InChI=1S/C16H19N3O7/c20-14(9-26-11-7-5-10(6-8-11)19(24)25)17-18-15(21)12-3-1-2-4-13(12)16(22)23/h5-8,12-13H,1-4,9H2,(H,17,20)(H,18,21)(H,22,23)/p-1/t12-,13+/m0/s1. The highest BCUT2D eigenvalue weighted by Crippen LogP contribution is 2.29. The van der Waals surface area contributed by atoms with Crippen molar-refractivity contribution in [1.82, 2.24) is 10.9 Å². The number of hydrogen-bond donors (Lipinski definition) is 2. The number of carboxylic acids is 1. The summed E-state index contributed by atoms with van der Waals surface area (Å²) in [7, 11) is 0. The van der Waals surface area contributed by atoms with Crippen LogP contribution in [0.2, 0.25) is 0 Å². The van der Waals surface area contributed by atoms with Gasteiger partial charge in [0, 0.05) is 29.9 Å². The van der Waals surface area contributed by atoms with Crippen molar-refractivity contribution in [3.8, 4) is 5.75 Å². The van der Waals surface area contributed by atoms with E-state index < -0.39 is 41.1 Å². The van der Waals surface area contributed by atoms with Gasteiger partial charge in [0.25, 0.3) is 11.6 Å². The molecule has 2 amide bonds. The van der Waals surface area contributed by atoms with E-state index in [1.54, 1.807) is 0 Å². The molecule has 26 heavy (non-hydrogen) atoms. The molecular weight excluding hydrogens is 346 g/mol. The van der Waals surface area contributed by atoms with Crippen LogP contribution in [0.25, 0.3) is 0 Å². The van der Waals surface area contributed by atoms with Crippen molar-refractivity contribution in [3.05, 3.63) is 34.4 Å². The second kappa shape index (κ2) is 8.79. The number of rotatable bonds is 6. The fourth-order valence-corrected chi connectivity index (χ4v) is 2.80. The summed E-state index contributed by atoms with van der Waals surface area (Å²) in [5, 5.41) is 21.6. The zero-order chi connectivity index (χ0) is 19.1. The van der Waals surface area contributed by atoms with Crippen LogP contribution in [0, 0.1) is 22.0 Å². The van der Waals surface area contributed by atoms with Gasteiger partial charge in [-0.25, -0.2) is 0 Å². The van der Waals surface area contributed by atoms with Gasteiger partial charge in [-0.3, -0.25) is 30.6 Å². The van der Waals surface area contributed by atoms with E-state index in [2.05, 4.69) is 10.9 Å². The number of nitrogens with one attached hydrogen (secondary N) is 2. The van der Waals surface area contributed by atoms with E-state index in [4.69, 9.17) is 4.74 Å². The first-order chi connectivity index (χ1) is 12.4. The predicted molar refractivity (Wildman–Crippen MR) is 85.3 cm³/mol. The van der Waals surface area contributed by atoms with Crippen LogP contribution in [0.3, 0.4) is 0 Å². The molecule has 0 bridgehead atoms. The molecule has 0 spiro atoms. The van der Waals surface area contributed by atoms with Crippen molar-refractivity contribution < 1.29 is 29.2 Å². The van der Waals surface area contributed by atoms with Crippen LogP contribution >= 0.6 is 0 Å². The molecule has 0 aromatic heterocycles. The van der Waals surface area contributed by atoms with Crippen molar-refractivity contribution >= 4 is 23.5 Å². The van der Waals surface area contributed by atoms with Gasteiger partial charge in [-0.05, 0) is 25.0 Å². The van der Waals surface area contributed by atoms with Gasteiger partial charge in [-0.2, -0.15) is 0 Å². The number of carboxylic acid groups (broad SMARTS) is 1. The summed E-state index contributed by atoms with van der Waals surface area (Å²) in [5.74, 6) is -3.86. The first-order valence-electron chi connectivity index (χ1n) is 8.05. The van der Waals surface area contributed by atoms with Crippen molar-refractivity contribution in [2.24, 2.45) is 11.8 Å². The largest absolute Gasteiger partial charge is 0.550 e. The maximum Gasteiger partial charge on any atom is 0.276 e. The molecule has 0 aliphatic heterocycles. The molecule has 2 rings (SSSR count). The second-order valence-corrected chi connectivity index (χ2v) is 5.89. The van der Waals surface area contributed by atoms with Crippen molar-refractivity contribution in [1.29, 1.82) is 0 Å². The first-order valence-corrected chi connectivity index (χ1v) is 8.05. The number of aliphatic carboxylic acids is 1. The molecule has 0 unspecified atom stereocenters. The number of ether oxygens (including phenoxy) is 1. The van der Waals surface area contributed by atoms with Gasteiger partial charge in [-0.1, -0.05) is 12.8 Å². The molecule has 10 nitrogen and oxygen atoms in total. The summed E-state index contributed by atoms with van der Waals surface area (Å²) in [6.45, 7) is -0.424. The quantitative estimate of drug-likeness (QED) is 0.518. The van der Waals surface area contributed by atoms with E-state index in [0.717, 1.165) is 12.8 Å². The van der Waals surface area contributed by atoms with Gasteiger partial charge in [0.2, 0.25) is 5.91 Å². The lowest BCUT2D eigenvalue weighted by atomic mass is 9.79. The van der Waals surface area contributed by atoms with E-state index in [-0.39, 0.29) is 11.4 Å². The molecule has 1 fully saturated rings. The Morgan fingerprint density at radius 1 is 1.08 bits per heavy atom. The topological polar surface area (TPSA) is 151 Å². The van der Waals surface area contributed by atoms with E-state index >= 15 is 0 Å². The number of non-ortho nitro benzene ring substituents is 1. The van der Waals surface area contributed by atoms with Crippen LogP contribution in [0.15, 0.2) is 24.3 Å². The Balaban J connectivity index is 1.78. The summed E-state index contributed by atoms with van der Waals surface area (Å²) in [4.78, 5) is 44.9. The Bertz CT molecular complexity index is 690. The monoisotopic (exact) mass is 364 g/mol. The number of nitrogens with zero attached hydrogens (tertiary/aromatic N) is 1. The molecule has 0 radical (unpaired) electrons. The van der Waals surface area contributed by atoms with E-state index in [1.165, 1.54) is 24.3 Å². The van der Waals surface area contributed by atoms with Crippen molar-refractivity contribution in [2.45, 2.75) is 25.7 Å². The van der Waals surface area contributed by atoms with Gasteiger partial charge in [-0.15, -0.1) is 0 Å². The minimum atomic E-state index is -1.27. The van der Waals surface area contributed by atoms with E-state index in [0.29, 0.717) is 12.8 Å². The van der Waals surface area contributed by atoms with Gasteiger partial charge in [0.1, 0.15) is 5.75 Å². The number of amides is 2. The maximum absolute atomic E-state index is 12.1. The second-order valence-electron chi connectivity index (χ2n) is 5.89. The SMILES string of the molecule is O=C(COc1ccc([N+](=O)[O-])cc1)NNC(=O)[C@H]1CCCC[C@H]1C(=O)[O-]. The molecular formula is C16H18N3O7-. The molecule has 140 valence electrons. The molecule has 1 aliphatic rings. The lowest BCUT2D eigenvalue weighted by molar-refractivity contribution is -0.384. The Labute approximate surface area is 148 Å². The minimum Gasteiger partial charge on any atom is -0.550 e. The Hall–Kier alpha value is -3.17. The highest BCUT2D eigenvalue weighted by atomic mass is 16.6. The number of hydrazine groups is 1. The third-order valence-electron chi connectivity index (χ3n) is 4.15. The maximum atomic E-state index is 12.1. The van der Waals surface area contributed by atoms with Gasteiger partial charge in [0.05, 0.1) is 4.92 Å². The Morgan fingerprint density at radius 3 is 2.27 bits per heavy atom. The number of nitro groups is 1. The van der Waals surface area contributed by atoms with Crippen molar-refractivity contribution in [3.63, 3.8) is 0 Å². The molecule has 10 heteroatoms. The van der Waals surface area contributed by atoms with E-state index in [1.807, 2.05) is 0 Å². The van der Waals surface area contributed by atoms with Crippen LogP contribution in [-0.4, -0.2) is 29.3 Å². The number of nitro benzene ring substituents is 1. The molecule has 2 N–H and O–H groups in total. The average Bonchev–Trinajstić information content (AvgIpc) is 2.64. The summed E-state index contributed by atoms with van der Waals surface area (Å²) >= 11 is 0. The van der Waals surface area contributed by atoms with Gasteiger partial charge < -0.3 is 14.6 Å². The average molecular weight is 364 g/mol. The number of carbonyl (C=O) groups is 3. The molecule has 1 saturated carbocycles. The summed E-state index contributed by atoms with van der Waals surface area (Å²) in [5.41, 5.74) is 4.25. The van der Waals surface area contributed by atoms with Crippen LogP contribution in [0.5, 0.6) is 5.75 Å². The van der Waals surface area contributed by atoms with Crippen LogP contribution < -0.4 is 20.7 Å². The fraction of sp³-hybridized carbons (Fsp3) is 0.438. The Kier molecular flexibility index (Phi) is 6.48. The number of carbonyl (C=O) groups excluding carboxylic acids is 3. The summed E-state index contributed by atoms with van der Waals surface area (Å²) < 4.78 is 5.15. The third kappa shape index (κ3) is 5.16. The molecule has 0 saturated heterocycles. The lowest BCUT2D eigenvalue weighted by Crippen LogP contribution is -2.50. The fourth-order valence-electron chi connectivity index (χ4n) is 2.80. The minimum absolute atomic E-state index is 0.107. The van der Waals surface area contributed by atoms with Gasteiger partial charge >= 0.3 is 0 Å². The Morgan fingerprint density at radius 2 is 1.69 bits per heavy atom. The summed E-state index contributed by atoms with van der Waals surface area (Å²) in [6.07, 6.45) is 2.24. The molecule has 1 aromatic rings. The zero-order valence-electron chi connectivity index (χ0n) is 13.8.